The van der Waals surface area contributed by atoms with Crippen LogP contribution in [0, 0.1) is 0 Å². The van der Waals surface area contributed by atoms with Gasteiger partial charge in [0.2, 0.25) is 0 Å². The van der Waals surface area contributed by atoms with Gasteiger partial charge >= 0.3 is 0 Å². The van der Waals surface area contributed by atoms with Crippen LogP contribution in [0.25, 0.3) is 0 Å². The van der Waals surface area contributed by atoms with Crippen LogP contribution in [-0.2, 0) is 18.9 Å². The molecule has 0 aromatic carbocycles. The number of ether oxygens (including phenoxy) is 4. The summed E-state index contributed by atoms with van der Waals surface area (Å²) in [6.07, 6.45) is 1.56. The maximum absolute atomic E-state index is 6.12. The SMILES string of the molecule is CC1(C)OC2[C@H](N)C=C3COC(C)(C)O[C@@H]3[C@@H]2O1. The van der Waals surface area contributed by atoms with Crippen molar-refractivity contribution in [3.05, 3.63) is 11.6 Å². The van der Waals surface area contributed by atoms with E-state index < -0.39 is 11.6 Å². The van der Waals surface area contributed by atoms with Gasteiger partial charge in [0.05, 0.1) is 12.6 Å². The number of nitrogens with two attached hydrogens (primary N) is 1. The number of hydrogen-bond acceptors (Lipinski definition) is 5. The van der Waals surface area contributed by atoms with Crippen molar-refractivity contribution in [1.82, 2.24) is 0 Å². The van der Waals surface area contributed by atoms with E-state index in [-0.39, 0.29) is 24.4 Å². The van der Waals surface area contributed by atoms with Gasteiger partial charge < -0.3 is 24.7 Å². The third-order valence-corrected chi connectivity index (χ3v) is 3.61. The lowest BCUT2D eigenvalue weighted by molar-refractivity contribution is -0.273. The van der Waals surface area contributed by atoms with Crippen molar-refractivity contribution in [3.8, 4) is 0 Å². The first-order chi connectivity index (χ1) is 8.27. The zero-order valence-corrected chi connectivity index (χ0v) is 11.3. The Bertz CT molecular complexity index is 390. The molecule has 1 aliphatic carbocycles. The van der Waals surface area contributed by atoms with Crippen LogP contribution in [0.4, 0.5) is 0 Å². The average Bonchev–Trinajstić information content (AvgIpc) is 2.56. The smallest absolute Gasteiger partial charge is 0.164 e. The molecule has 0 aromatic heterocycles. The van der Waals surface area contributed by atoms with Gasteiger partial charge in [-0.05, 0) is 33.3 Å². The molecule has 0 bridgehead atoms. The Labute approximate surface area is 107 Å². The second-order valence-electron chi connectivity index (χ2n) is 6.11. The van der Waals surface area contributed by atoms with Gasteiger partial charge in [-0.1, -0.05) is 6.08 Å². The number of rotatable bonds is 0. The van der Waals surface area contributed by atoms with Crippen molar-refractivity contribution in [2.75, 3.05) is 6.61 Å². The van der Waals surface area contributed by atoms with Gasteiger partial charge in [-0.3, -0.25) is 0 Å². The summed E-state index contributed by atoms with van der Waals surface area (Å²) in [4.78, 5) is 0. The van der Waals surface area contributed by atoms with Crippen LogP contribution in [0.1, 0.15) is 27.7 Å². The van der Waals surface area contributed by atoms with E-state index in [2.05, 4.69) is 0 Å². The van der Waals surface area contributed by atoms with Crippen LogP contribution in [0.15, 0.2) is 11.6 Å². The Balaban J connectivity index is 1.91. The van der Waals surface area contributed by atoms with Crippen molar-refractivity contribution in [1.29, 1.82) is 0 Å². The van der Waals surface area contributed by atoms with E-state index in [0.717, 1.165) is 5.57 Å². The summed E-state index contributed by atoms with van der Waals surface area (Å²) in [5.74, 6) is -1.20. The van der Waals surface area contributed by atoms with E-state index in [1.165, 1.54) is 0 Å². The third kappa shape index (κ3) is 2.00. The molecule has 3 aliphatic rings. The molecule has 0 radical (unpaired) electrons. The van der Waals surface area contributed by atoms with Crippen LogP contribution in [0.3, 0.4) is 0 Å². The summed E-state index contributed by atoms with van der Waals surface area (Å²) in [5.41, 5.74) is 7.18. The molecule has 0 aromatic rings. The molecule has 3 rings (SSSR count). The Morgan fingerprint density at radius 1 is 1.06 bits per heavy atom. The summed E-state index contributed by atoms with van der Waals surface area (Å²) in [5, 5.41) is 0. The molecular weight excluding hydrogens is 234 g/mol. The maximum atomic E-state index is 6.12. The van der Waals surface area contributed by atoms with E-state index in [0.29, 0.717) is 6.61 Å². The lowest BCUT2D eigenvalue weighted by Crippen LogP contribution is -2.56. The lowest BCUT2D eigenvalue weighted by Gasteiger charge is -2.43. The number of hydrogen-bond donors (Lipinski definition) is 1. The van der Waals surface area contributed by atoms with Gasteiger partial charge in [0.25, 0.3) is 0 Å². The van der Waals surface area contributed by atoms with Crippen molar-refractivity contribution in [2.24, 2.45) is 5.73 Å². The molecule has 5 nitrogen and oxygen atoms in total. The van der Waals surface area contributed by atoms with Crippen LogP contribution in [0.5, 0.6) is 0 Å². The molecule has 2 fully saturated rings. The first-order valence-electron chi connectivity index (χ1n) is 6.41. The largest absolute Gasteiger partial charge is 0.346 e. The van der Waals surface area contributed by atoms with Crippen LogP contribution >= 0.6 is 0 Å². The summed E-state index contributed by atoms with van der Waals surface area (Å²) >= 11 is 0. The molecule has 102 valence electrons. The quantitative estimate of drug-likeness (QED) is 0.652. The summed E-state index contributed by atoms with van der Waals surface area (Å²) in [7, 11) is 0. The molecule has 2 heterocycles. The van der Waals surface area contributed by atoms with E-state index >= 15 is 0 Å². The van der Waals surface area contributed by atoms with Gasteiger partial charge in [0.15, 0.2) is 11.6 Å². The van der Waals surface area contributed by atoms with Crippen LogP contribution < -0.4 is 5.73 Å². The standard InChI is InChI=1S/C13H21NO4/c1-12(2)15-6-7-5-8(14)10-11(9(7)16-12)18-13(3,4)17-10/h5,8-11H,6,14H2,1-4H3/t8-,9+,10?,11+/m1/s1. The number of fused-ring (bicyclic) bond motifs is 3. The first kappa shape index (κ1) is 12.6. The highest BCUT2D eigenvalue weighted by Crippen LogP contribution is 2.41. The highest BCUT2D eigenvalue weighted by molar-refractivity contribution is 5.25. The average molecular weight is 255 g/mol. The van der Waals surface area contributed by atoms with Crippen molar-refractivity contribution in [2.45, 2.75) is 63.6 Å². The van der Waals surface area contributed by atoms with Crippen LogP contribution in [0.2, 0.25) is 0 Å². The second kappa shape index (κ2) is 3.77. The molecule has 18 heavy (non-hydrogen) atoms. The Kier molecular flexibility index (Phi) is 2.63. The van der Waals surface area contributed by atoms with Crippen molar-refractivity contribution in [3.63, 3.8) is 0 Å². The normalized spacial score (nSPS) is 45.1. The highest BCUT2D eigenvalue weighted by Gasteiger charge is 2.53. The summed E-state index contributed by atoms with van der Waals surface area (Å²) in [6, 6.07) is -0.170. The zero-order chi connectivity index (χ0) is 13.1. The van der Waals surface area contributed by atoms with E-state index in [4.69, 9.17) is 24.7 Å². The monoisotopic (exact) mass is 255 g/mol. The third-order valence-electron chi connectivity index (χ3n) is 3.61. The molecule has 2 saturated heterocycles. The Morgan fingerprint density at radius 3 is 2.44 bits per heavy atom. The Hall–Kier alpha value is -0.460. The van der Waals surface area contributed by atoms with Crippen molar-refractivity contribution >= 4 is 0 Å². The fourth-order valence-electron chi connectivity index (χ4n) is 2.87. The molecule has 0 spiro atoms. The summed E-state index contributed by atoms with van der Waals surface area (Å²) < 4.78 is 23.5. The second-order valence-corrected chi connectivity index (χ2v) is 6.11. The minimum atomic E-state index is -0.609. The van der Waals surface area contributed by atoms with E-state index in [1.54, 1.807) is 0 Å². The maximum Gasteiger partial charge on any atom is 0.164 e. The molecule has 0 amide bonds. The predicted molar refractivity (Wildman–Crippen MR) is 64.8 cm³/mol. The molecular formula is C13H21NO4. The van der Waals surface area contributed by atoms with Gasteiger partial charge in [0, 0.05) is 0 Å². The zero-order valence-electron chi connectivity index (χ0n) is 11.3. The lowest BCUT2D eigenvalue weighted by atomic mass is 9.88. The molecule has 4 atom stereocenters. The van der Waals surface area contributed by atoms with Gasteiger partial charge in [-0.2, -0.15) is 0 Å². The molecule has 2 aliphatic heterocycles. The van der Waals surface area contributed by atoms with E-state index in [9.17, 15) is 0 Å². The predicted octanol–water partition coefficient (Wildman–Crippen LogP) is 0.925. The fraction of sp³-hybridized carbons (Fsp3) is 0.846. The molecule has 5 heteroatoms. The van der Waals surface area contributed by atoms with Gasteiger partial charge in [0.1, 0.15) is 18.3 Å². The first-order valence-corrected chi connectivity index (χ1v) is 6.41. The minimum Gasteiger partial charge on any atom is -0.346 e. The van der Waals surface area contributed by atoms with E-state index in [1.807, 2.05) is 33.8 Å². The van der Waals surface area contributed by atoms with Crippen LogP contribution in [-0.4, -0.2) is 42.5 Å². The summed E-state index contributed by atoms with van der Waals surface area (Å²) in [6.45, 7) is 8.17. The van der Waals surface area contributed by atoms with Gasteiger partial charge in [-0.25, -0.2) is 0 Å². The van der Waals surface area contributed by atoms with Crippen molar-refractivity contribution < 1.29 is 18.9 Å². The molecule has 2 N–H and O–H groups in total. The van der Waals surface area contributed by atoms with Gasteiger partial charge in [-0.15, -0.1) is 0 Å². The highest BCUT2D eigenvalue weighted by atomic mass is 16.8. The molecule has 0 saturated carbocycles. The Morgan fingerprint density at radius 2 is 1.72 bits per heavy atom. The topological polar surface area (TPSA) is 62.9 Å². The minimum absolute atomic E-state index is 0.125. The fourth-order valence-corrected chi connectivity index (χ4v) is 2.87. The molecule has 1 unspecified atom stereocenters.